The maximum atomic E-state index is 12.6. The molecule has 3 N–H and O–H groups in total. The third-order valence-electron chi connectivity index (χ3n) is 2.97. The molecule has 1 fully saturated rings. The summed E-state index contributed by atoms with van der Waals surface area (Å²) in [7, 11) is 0. The highest BCUT2D eigenvalue weighted by atomic mass is 19.4. The molecule has 0 saturated carbocycles. The van der Waals surface area contributed by atoms with E-state index in [1.165, 1.54) is 0 Å². The van der Waals surface area contributed by atoms with Gasteiger partial charge in [-0.25, -0.2) is 0 Å². The fourth-order valence-electron chi connectivity index (χ4n) is 2.02. The van der Waals surface area contributed by atoms with Crippen molar-refractivity contribution < 1.29 is 13.2 Å². The van der Waals surface area contributed by atoms with Crippen LogP contribution in [0.4, 0.5) is 13.2 Å². The van der Waals surface area contributed by atoms with Crippen LogP contribution in [0.15, 0.2) is 0 Å². The molecule has 1 heterocycles. The second-order valence-electron chi connectivity index (χ2n) is 5.20. The molecule has 1 aliphatic rings. The van der Waals surface area contributed by atoms with Crippen LogP contribution in [0.2, 0.25) is 0 Å². The fourth-order valence-corrected chi connectivity index (χ4v) is 2.02. The maximum Gasteiger partial charge on any atom is 0.399 e. The Morgan fingerprint density at radius 1 is 1.50 bits per heavy atom. The molecule has 0 aromatic rings. The minimum Gasteiger partial charge on any atom is -0.387 e. The minimum absolute atomic E-state index is 0.0624. The fraction of sp³-hybridized carbons (Fsp3) is 0.900. The molecule has 94 valence electrons. The van der Waals surface area contributed by atoms with Gasteiger partial charge in [0.15, 0.2) is 0 Å². The number of hydrogen-bond donors (Lipinski definition) is 2. The van der Waals surface area contributed by atoms with Crippen LogP contribution >= 0.6 is 0 Å². The summed E-state index contributed by atoms with van der Waals surface area (Å²) in [6.45, 7) is 5.15. The number of likely N-dealkylation sites (tertiary alicyclic amines) is 1. The molecule has 1 aliphatic heterocycles. The largest absolute Gasteiger partial charge is 0.399 e. The van der Waals surface area contributed by atoms with E-state index in [2.05, 4.69) is 0 Å². The molecule has 1 atom stereocenters. The van der Waals surface area contributed by atoms with Gasteiger partial charge in [0.1, 0.15) is 11.8 Å². The Hall–Kier alpha value is -0.780. The molecule has 0 spiro atoms. The number of halogens is 3. The molecule has 0 aromatic carbocycles. The monoisotopic (exact) mass is 237 g/mol. The average Bonchev–Trinajstić information content (AvgIpc) is 2.38. The standard InChI is InChI=1S/C10H18F3N3/c1-9(2)3-4-16(6-9)5-7(8(14)15)10(11,12)13/h7H,3-6H2,1-2H3,(H3,14,15). The van der Waals surface area contributed by atoms with Crippen LogP contribution in [0.25, 0.3) is 0 Å². The van der Waals surface area contributed by atoms with Gasteiger partial charge in [0.2, 0.25) is 0 Å². The van der Waals surface area contributed by atoms with Gasteiger partial charge < -0.3 is 10.6 Å². The Labute approximate surface area is 93.3 Å². The summed E-state index contributed by atoms with van der Waals surface area (Å²) in [5, 5.41) is 7.00. The second kappa shape index (κ2) is 4.24. The van der Waals surface area contributed by atoms with Gasteiger partial charge in [0.05, 0.1) is 0 Å². The normalized spacial score (nSPS) is 23.3. The van der Waals surface area contributed by atoms with Crippen LogP contribution in [0, 0.1) is 16.7 Å². The van der Waals surface area contributed by atoms with E-state index in [4.69, 9.17) is 11.1 Å². The summed E-state index contributed by atoms with van der Waals surface area (Å²) in [6, 6.07) is 0. The molecule has 6 heteroatoms. The van der Waals surface area contributed by atoms with Crippen molar-refractivity contribution in [3.63, 3.8) is 0 Å². The molecule has 3 nitrogen and oxygen atoms in total. The zero-order valence-corrected chi connectivity index (χ0v) is 9.56. The maximum absolute atomic E-state index is 12.6. The van der Waals surface area contributed by atoms with E-state index in [1.807, 2.05) is 13.8 Å². The number of alkyl halides is 3. The third kappa shape index (κ3) is 3.37. The molecular formula is C10H18F3N3. The highest BCUT2D eigenvalue weighted by Crippen LogP contribution is 2.32. The smallest absolute Gasteiger partial charge is 0.387 e. The Bertz CT molecular complexity index is 273. The van der Waals surface area contributed by atoms with E-state index in [1.54, 1.807) is 4.90 Å². The Balaban J connectivity index is 2.61. The first-order valence-corrected chi connectivity index (χ1v) is 5.25. The first kappa shape index (κ1) is 13.3. The average molecular weight is 237 g/mol. The summed E-state index contributed by atoms with van der Waals surface area (Å²) in [5.74, 6) is -2.63. The third-order valence-corrected chi connectivity index (χ3v) is 2.97. The summed E-state index contributed by atoms with van der Waals surface area (Å²) < 4.78 is 37.7. The highest BCUT2D eigenvalue weighted by molar-refractivity contribution is 5.80. The molecule has 0 amide bonds. The zero-order chi connectivity index (χ0) is 12.6. The second-order valence-corrected chi connectivity index (χ2v) is 5.20. The SMILES string of the molecule is CC1(C)CCN(CC(C(=N)N)C(F)(F)F)C1. The van der Waals surface area contributed by atoms with Crippen molar-refractivity contribution in [3.8, 4) is 0 Å². The molecule has 0 radical (unpaired) electrons. The topological polar surface area (TPSA) is 53.1 Å². The molecular weight excluding hydrogens is 219 g/mol. The predicted octanol–water partition coefficient (Wildman–Crippen LogP) is 1.83. The van der Waals surface area contributed by atoms with Crippen molar-refractivity contribution in [3.05, 3.63) is 0 Å². The zero-order valence-electron chi connectivity index (χ0n) is 9.56. The Morgan fingerprint density at radius 3 is 2.38 bits per heavy atom. The molecule has 0 aromatic heterocycles. The predicted molar refractivity (Wildman–Crippen MR) is 56.3 cm³/mol. The van der Waals surface area contributed by atoms with Gasteiger partial charge in [-0.3, -0.25) is 5.41 Å². The van der Waals surface area contributed by atoms with Crippen molar-refractivity contribution in [2.24, 2.45) is 17.1 Å². The van der Waals surface area contributed by atoms with E-state index in [-0.39, 0.29) is 12.0 Å². The molecule has 1 unspecified atom stereocenters. The van der Waals surface area contributed by atoms with Crippen molar-refractivity contribution in [2.45, 2.75) is 26.4 Å². The number of rotatable bonds is 3. The molecule has 1 saturated heterocycles. The lowest BCUT2D eigenvalue weighted by atomic mass is 9.93. The highest BCUT2D eigenvalue weighted by Gasteiger charge is 2.44. The van der Waals surface area contributed by atoms with E-state index < -0.39 is 17.9 Å². The number of hydrogen-bond acceptors (Lipinski definition) is 2. The molecule has 16 heavy (non-hydrogen) atoms. The van der Waals surface area contributed by atoms with Crippen molar-refractivity contribution in [1.29, 1.82) is 5.41 Å². The molecule has 1 rings (SSSR count). The van der Waals surface area contributed by atoms with Crippen molar-refractivity contribution in [1.82, 2.24) is 4.90 Å². The number of nitrogens with one attached hydrogen (secondary N) is 1. The van der Waals surface area contributed by atoms with Crippen LogP contribution < -0.4 is 5.73 Å². The van der Waals surface area contributed by atoms with Gasteiger partial charge in [-0.05, 0) is 18.4 Å². The van der Waals surface area contributed by atoms with E-state index >= 15 is 0 Å². The lowest BCUT2D eigenvalue weighted by molar-refractivity contribution is -0.159. The van der Waals surface area contributed by atoms with E-state index in [9.17, 15) is 13.2 Å². The number of amidine groups is 1. The van der Waals surface area contributed by atoms with Crippen LogP contribution in [0.5, 0.6) is 0 Å². The lowest BCUT2D eigenvalue weighted by Gasteiger charge is -2.25. The van der Waals surface area contributed by atoms with Crippen LogP contribution in [0.1, 0.15) is 20.3 Å². The summed E-state index contributed by atoms with van der Waals surface area (Å²) in [5.41, 5.74) is 5.07. The molecule has 0 bridgehead atoms. The van der Waals surface area contributed by atoms with Crippen LogP contribution in [-0.4, -0.2) is 36.5 Å². The first-order valence-electron chi connectivity index (χ1n) is 5.25. The van der Waals surface area contributed by atoms with Gasteiger partial charge in [-0.15, -0.1) is 0 Å². The van der Waals surface area contributed by atoms with Crippen LogP contribution in [0.3, 0.4) is 0 Å². The Kier molecular flexibility index (Phi) is 3.52. The van der Waals surface area contributed by atoms with Gasteiger partial charge in [0, 0.05) is 13.1 Å². The number of nitrogens with zero attached hydrogens (tertiary/aromatic N) is 1. The first-order chi connectivity index (χ1) is 7.12. The van der Waals surface area contributed by atoms with Crippen molar-refractivity contribution >= 4 is 5.84 Å². The van der Waals surface area contributed by atoms with Gasteiger partial charge in [-0.1, -0.05) is 13.8 Å². The molecule has 0 aliphatic carbocycles. The minimum atomic E-state index is -4.42. The quantitative estimate of drug-likeness (QED) is 0.581. The summed E-state index contributed by atoms with van der Waals surface area (Å²) in [4.78, 5) is 1.74. The summed E-state index contributed by atoms with van der Waals surface area (Å²) in [6.07, 6.45) is -3.53. The van der Waals surface area contributed by atoms with E-state index in [0.717, 1.165) is 6.42 Å². The van der Waals surface area contributed by atoms with E-state index in [0.29, 0.717) is 13.1 Å². The van der Waals surface area contributed by atoms with Crippen LogP contribution in [-0.2, 0) is 0 Å². The number of nitrogens with two attached hydrogens (primary N) is 1. The van der Waals surface area contributed by atoms with Gasteiger partial charge >= 0.3 is 6.18 Å². The van der Waals surface area contributed by atoms with Crippen molar-refractivity contribution in [2.75, 3.05) is 19.6 Å². The Morgan fingerprint density at radius 2 is 2.06 bits per heavy atom. The summed E-state index contributed by atoms with van der Waals surface area (Å²) >= 11 is 0. The lowest BCUT2D eigenvalue weighted by Crippen LogP contribution is -2.43. The van der Waals surface area contributed by atoms with Gasteiger partial charge in [0.25, 0.3) is 0 Å². The van der Waals surface area contributed by atoms with Gasteiger partial charge in [-0.2, -0.15) is 13.2 Å².